The third-order valence-electron chi connectivity index (χ3n) is 3.30. The summed E-state index contributed by atoms with van der Waals surface area (Å²) >= 11 is 0. The molecule has 9 heteroatoms. The molecule has 2 rings (SSSR count). The van der Waals surface area contributed by atoms with Gasteiger partial charge in [0, 0.05) is 16.5 Å². The molecule has 132 valence electrons. The van der Waals surface area contributed by atoms with Gasteiger partial charge in [-0.05, 0) is 12.1 Å². The van der Waals surface area contributed by atoms with Gasteiger partial charge in [0.05, 0.1) is 0 Å². The van der Waals surface area contributed by atoms with Crippen LogP contribution in [-0.2, 0) is 9.73 Å². The largest absolute Gasteiger partial charge is 0.508 e. The predicted molar refractivity (Wildman–Crippen MR) is 92.1 cm³/mol. The van der Waals surface area contributed by atoms with Gasteiger partial charge in [0.1, 0.15) is 11.5 Å². The van der Waals surface area contributed by atoms with Gasteiger partial charge in [0.2, 0.25) is 0 Å². The minimum absolute atomic E-state index is 0.251. The Labute approximate surface area is 142 Å². The first-order chi connectivity index (χ1) is 11.2. The molecule has 24 heavy (non-hydrogen) atoms. The van der Waals surface area contributed by atoms with Crippen molar-refractivity contribution in [3.05, 3.63) is 59.7 Å². The van der Waals surface area contributed by atoms with Crippen LogP contribution in [0.1, 0.15) is 25.0 Å². The quantitative estimate of drug-likeness (QED) is 0.454. The number of hydrogen-bond donors (Lipinski definition) is 6. The number of aromatic hydroxyl groups is 2. The highest BCUT2D eigenvalue weighted by molar-refractivity contribution is 7.53. The second kappa shape index (κ2) is 9.25. The van der Waals surface area contributed by atoms with Gasteiger partial charge in [-0.2, -0.15) is 0 Å². The zero-order chi connectivity index (χ0) is 18.3. The van der Waals surface area contributed by atoms with Crippen molar-refractivity contribution >= 4 is 17.2 Å². The molecule has 2 aromatic rings. The number of hydrogen-bond acceptors (Lipinski definition) is 7. The van der Waals surface area contributed by atoms with Gasteiger partial charge in [0.25, 0.3) is 0 Å². The van der Waals surface area contributed by atoms with E-state index in [9.17, 15) is 10.2 Å². The van der Waals surface area contributed by atoms with Crippen molar-refractivity contribution in [1.29, 1.82) is 0 Å². The minimum atomic E-state index is -2.61. The van der Waals surface area contributed by atoms with Gasteiger partial charge in [-0.15, -0.1) is 0 Å². The SMILES string of the molecule is CC(C)(c1ccccc1O)c1ccccc1O.OP(O)OP(O)O. The molecule has 0 saturated heterocycles. The highest BCUT2D eigenvalue weighted by Gasteiger charge is 2.28. The molecule has 0 unspecified atom stereocenters. The van der Waals surface area contributed by atoms with Crippen molar-refractivity contribution in [2.45, 2.75) is 19.3 Å². The van der Waals surface area contributed by atoms with E-state index in [1.54, 1.807) is 24.3 Å². The Morgan fingerprint density at radius 3 is 1.29 bits per heavy atom. The molecule has 0 aromatic heterocycles. The van der Waals surface area contributed by atoms with E-state index < -0.39 is 22.6 Å². The van der Waals surface area contributed by atoms with Crippen LogP contribution >= 0.6 is 17.2 Å². The zero-order valence-corrected chi connectivity index (χ0v) is 14.9. The first kappa shape index (κ1) is 20.7. The van der Waals surface area contributed by atoms with Crippen LogP contribution < -0.4 is 0 Å². The van der Waals surface area contributed by atoms with Crippen LogP contribution in [0, 0.1) is 0 Å². The van der Waals surface area contributed by atoms with Crippen molar-refractivity contribution in [3.8, 4) is 11.5 Å². The van der Waals surface area contributed by atoms with Crippen LogP contribution in [-0.4, -0.2) is 29.8 Å². The summed E-state index contributed by atoms with van der Waals surface area (Å²) in [4.78, 5) is 31.3. The molecular weight excluding hydrogens is 354 g/mol. The van der Waals surface area contributed by atoms with Crippen LogP contribution in [0.5, 0.6) is 11.5 Å². The highest BCUT2D eigenvalue weighted by Crippen LogP contribution is 2.42. The fourth-order valence-electron chi connectivity index (χ4n) is 2.21. The summed E-state index contributed by atoms with van der Waals surface area (Å²) < 4.78 is 3.60. The first-order valence-electron chi connectivity index (χ1n) is 6.77. The molecule has 2 aromatic carbocycles. The van der Waals surface area contributed by atoms with Crippen molar-refractivity contribution in [3.63, 3.8) is 0 Å². The average Bonchev–Trinajstić information content (AvgIpc) is 2.47. The van der Waals surface area contributed by atoms with E-state index in [-0.39, 0.29) is 11.5 Å². The lowest BCUT2D eigenvalue weighted by Gasteiger charge is -2.27. The predicted octanol–water partition coefficient (Wildman–Crippen LogP) is 2.85. The lowest BCUT2D eigenvalue weighted by Crippen LogP contribution is -2.19. The van der Waals surface area contributed by atoms with E-state index >= 15 is 0 Å². The van der Waals surface area contributed by atoms with Gasteiger partial charge in [-0.1, -0.05) is 50.2 Å². The lowest BCUT2D eigenvalue weighted by molar-refractivity contribution is 0.324. The third-order valence-corrected chi connectivity index (χ3v) is 4.47. The Morgan fingerprint density at radius 2 is 1.04 bits per heavy atom. The summed E-state index contributed by atoms with van der Waals surface area (Å²) in [5.74, 6) is 0.501. The molecule has 0 saturated carbocycles. The Hall–Kier alpha value is -1.30. The van der Waals surface area contributed by atoms with Crippen LogP contribution in [0.3, 0.4) is 0 Å². The summed E-state index contributed by atoms with van der Waals surface area (Å²) in [6, 6.07) is 14.4. The Bertz CT molecular complexity index is 594. The maximum atomic E-state index is 9.92. The molecule has 7 nitrogen and oxygen atoms in total. The lowest BCUT2D eigenvalue weighted by atomic mass is 9.77. The molecule has 0 heterocycles. The van der Waals surface area contributed by atoms with Crippen LogP contribution in [0.2, 0.25) is 0 Å². The van der Waals surface area contributed by atoms with Gasteiger partial charge in [-0.3, -0.25) is 0 Å². The summed E-state index contributed by atoms with van der Waals surface area (Å²) in [7, 11) is -5.22. The van der Waals surface area contributed by atoms with Crippen LogP contribution in [0.25, 0.3) is 0 Å². The second-order valence-electron chi connectivity index (χ2n) is 5.25. The van der Waals surface area contributed by atoms with Gasteiger partial charge >= 0.3 is 17.2 Å². The topological polar surface area (TPSA) is 131 Å². The van der Waals surface area contributed by atoms with Crippen molar-refractivity contribution in [2.75, 3.05) is 0 Å². The summed E-state index contributed by atoms with van der Waals surface area (Å²) in [6.07, 6.45) is 0. The number of phenols is 2. The molecule has 6 N–H and O–H groups in total. The van der Waals surface area contributed by atoms with Crippen LogP contribution in [0.15, 0.2) is 48.5 Å². The van der Waals surface area contributed by atoms with Gasteiger partial charge < -0.3 is 29.8 Å². The number of para-hydroxylation sites is 2. The molecule has 0 bridgehead atoms. The number of benzene rings is 2. The molecular formula is C15H20O7P2. The van der Waals surface area contributed by atoms with E-state index in [4.69, 9.17) is 19.6 Å². The van der Waals surface area contributed by atoms with E-state index in [2.05, 4.69) is 4.31 Å². The number of phenolic OH excluding ortho intramolecular Hbond substituents is 2. The molecule has 0 spiro atoms. The van der Waals surface area contributed by atoms with E-state index in [1.807, 2.05) is 38.1 Å². The van der Waals surface area contributed by atoms with E-state index in [0.29, 0.717) is 0 Å². The molecule has 0 fully saturated rings. The van der Waals surface area contributed by atoms with Crippen molar-refractivity contribution in [2.24, 2.45) is 0 Å². The first-order valence-corrected chi connectivity index (χ1v) is 9.10. The summed E-state index contributed by atoms with van der Waals surface area (Å²) in [5, 5.41) is 19.8. The highest BCUT2D eigenvalue weighted by atomic mass is 31.2. The van der Waals surface area contributed by atoms with Crippen molar-refractivity contribution < 1.29 is 34.1 Å². The maximum absolute atomic E-state index is 9.92. The van der Waals surface area contributed by atoms with Gasteiger partial charge in [0.15, 0.2) is 0 Å². The average molecular weight is 374 g/mol. The monoisotopic (exact) mass is 374 g/mol. The molecule has 0 amide bonds. The Morgan fingerprint density at radius 1 is 0.708 bits per heavy atom. The molecule has 0 radical (unpaired) electrons. The standard InChI is InChI=1S/C15H16O2.H4O5P2/c1-15(2,11-7-3-5-9-13(11)16)12-8-4-6-10-14(12)17;1-6(2)5-7(3)4/h3-10,16-17H,1-2H3;1-4H. The third kappa shape index (κ3) is 5.96. The Balaban J connectivity index is 0.000000351. The molecule has 0 aliphatic heterocycles. The Kier molecular flexibility index (Phi) is 8.00. The number of rotatable bonds is 4. The normalized spacial score (nSPS) is 11.3. The zero-order valence-electron chi connectivity index (χ0n) is 13.1. The maximum Gasteiger partial charge on any atom is 0.334 e. The molecule has 0 atom stereocenters. The van der Waals surface area contributed by atoms with E-state index in [0.717, 1.165) is 11.1 Å². The summed E-state index contributed by atoms with van der Waals surface area (Å²) in [5.41, 5.74) is 1.18. The minimum Gasteiger partial charge on any atom is -0.508 e. The fraction of sp³-hybridized carbons (Fsp3) is 0.200. The van der Waals surface area contributed by atoms with E-state index in [1.165, 1.54) is 0 Å². The van der Waals surface area contributed by atoms with Gasteiger partial charge in [-0.25, -0.2) is 4.31 Å². The smallest absolute Gasteiger partial charge is 0.334 e. The molecule has 0 aliphatic rings. The fourth-order valence-corrected chi connectivity index (χ4v) is 2.74. The molecule has 0 aliphatic carbocycles. The second-order valence-corrected chi connectivity index (χ2v) is 6.91. The summed E-state index contributed by atoms with van der Waals surface area (Å²) in [6.45, 7) is 3.97. The van der Waals surface area contributed by atoms with Crippen LogP contribution in [0.4, 0.5) is 0 Å². The van der Waals surface area contributed by atoms with Crippen molar-refractivity contribution in [1.82, 2.24) is 0 Å².